The maximum absolute atomic E-state index is 13.2. The van der Waals surface area contributed by atoms with E-state index in [2.05, 4.69) is 10.3 Å². The van der Waals surface area contributed by atoms with Gasteiger partial charge in [-0.05, 0) is 44.2 Å². The Morgan fingerprint density at radius 3 is 3.06 bits per heavy atom. The molecular weight excluding hydrogens is 434 g/mol. The number of likely N-dealkylation sites (N-methyl/N-ethyl adjacent to an activating group) is 1. The number of ether oxygens (including phenoxy) is 1. The number of rotatable bonds is 4. The molecule has 2 aliphatic rings. The van der Waals surface area contributed by atoms with Gasteiger partial charge in [0.15, 0.2) is 6.10 Å². The fourth-order valence-corrected chi connectivity index (χ4v) is 5.80. The van der Waals surface area contributed by atoms with Crippen LogP contribution in [0.25, 0.3) is 21.3 Å². The fraction of sp³-hybridized carbons (Fsp3) is 0.391. The van der Waals surface area contributed by atoms with Gasteiger partial charge in [-0.15, -0.1) is 11.3 Å². The molecule has 1 saturated heterocycles. The lowest BCUT2D eigenvalue weighted by molar-refractivity contribution is -0.139. The van der Waals surface area contributed by atoms with Gasteiger partial charge >= 0.3 is 0 Å². The zero-order chi connectivity index (χ0) is 21.5. The van der Waals surface area contributed by atoms with Crippen molar-refractivity contribution in [1.29, 1.82) is 0 Å². The Kier molecular flexibility index (Phi) is 5.60. The minimum atomic E-state index is -0.531. The molecule has 0 bridgehead atoms. The Bertz CT molecular complexity index is 1150. The summed E-state index contributed by atoms with van der Waals surface area (Å²) in [5.74, 6) is 0.758. The van der Waals surface area contributed by atoms with E-state index in [0.717, 1.165) is 56.9 Å². The molecule has 8 heteroatoms. The van der Waals surface area contributed by atoms with Crippen LogP contribution >= 0.6 is 22.9 Å². The highest BCUT2D eigenvalue weighted by Gasteiger charge is 2.36. The number of nitrogens with one attached hydrogen (secondary N) is 1. The lowest BCUT2D eigenvalue weighted by Gasteiger charge is -2.33. The average molecular weight is 458 g/mol. The summed E-state index contributed by atoms with van der Waals surface area (Å²) in [6.45, 7) is 1.46. The number of hydrogen-bond donors (Lipinski definition) is 2. The van der Waals surface area contributed by atoms with Crippen LogP contribution < -0.4 is 10.1 Å². The van der Waals surface area contributed by atoms with Crippen LogP contribution in [0.2, 0.25) is 5.02 Å². The summed E-state index contributed by atoms with van der Waals surface area (Å²) < 4.78 is 7.25. The molecule has 31 heavy (non-hydrogen) atoms. The molecule has 1 amide bonds. The number of aromatic nitrogens is 1. The number of carbonyl (C=O) groups excluding carboxylic acids is 1. The van der Waals surface area contributed by atoms with Gasteiger partial charge in [0.1, 0.15) is 5.75 Å². The quantitative estimate of drug-likeness (QED) is 0.625. The molecule has 2 aromatic heterocycles. The summed E-state index contributed by atoms with van der Waals surface area (Å²) >= 11 is 7.97. The van der Waals surface area contributed by atoms with Gasteiger partial charge in [-0.25, -0.2) is 0 Å². The molecular formula is C23H24ClN3O3S. The number of nitrogens with zero attached hydrogens (tertiary/aromatic N) is 2. The number of aliphatic hydroxyl groups is 1. The molecule has 6 nitrogen and oxygen atoms in total. The van der Waals surface area contributed by atoms with Crippen molar-refractivity contribution in [2.45, 2.75) is 38.0 Å². The lowest BCUT2D eigenvalue weighted by atomic mass is 10.00. The van der Waals surface area contributed by atoms with Crippen LogP contribution in [-0.2, 0) is 17.8 Å². The number of fused-ring (bicyclic) bond motifs is 2. The number of hydrogen-bond acceptors (Lipinski definition) is 6. The molecule has 2 atom stereocenters. The van der Waals surface area contributed by atoms with Gasteiger partial charge in [-0.2, -0.15) is 0 Å². The predicted octanol–water partition coefficient (Wildman–Crippen LogP) is 3.62. The third-order valence-corrected chi connectivity index (χ3v) is 7.48. The zero-order valence-electron chi connectivity index (χ0n) is 17.2. The highest BCUT2D eigenvalue weighted by Crippen LogP contribution is 2.44. The molecule has 0 saturated carbocycles. The van der Waals surface area contributed by atoms with Gasteiger partial charge in [0, 0.05) is 58.3 Å². The first-order valence-corrected chi connectivity index (χ1v) is 11.7. The topological polar surface area (TPSA) is 74.7 Å². The van der Waals surface area contributed by atoms with E-state index >= 15 is 0 Å². The van der Waals surface area contributed by atoms with Crippen LogP contribution in [0.3, 0.4) is 0 Å². The SMILES string of the molecule is CNC1CCCN(C(=O)C2Cc3cc(Cl)cc(-c4ccnc5cc(CO)sc45)c3O2)C1. The molecule has 2 N–H and O–H groups in total. The summed E-state index contributed by atoms with van der Waals surface area (Å²) in [5.41, 5.74) is 3.60. The van der Waals surface area contributed by atoms with Gasteiger partial charge in [0.2, 0.25) is 0 Å². The van der Waals surface area contributed by atoms with E-state index in [1.54, 1.807) is 6.20 Å². The smallest absolute Gasteiger partial charge is 0.264 e. The van der Waals surface area contributed by atoms with Crippen molar-refractivity contribution in [1.82, 2.24) is 15.2 Å². The van der Waals surface area contributed by atoms with Gasteiger partial charge in [0.25, 0.3) is 5.91 Å². The van der Waals surface area contributed by atoms with E-state index in [0.29, 0.717) is 24.0 Å². The molecule has 0 aliphatic carbocycles. The maximum Gasteiger partial charge on any atom is 0.264 e. The Morgan fingerprint density at radius 1 is 1.39 bits per heavy atom. The molecule has 3 aromatic rings. The first-order chi connectivity index (χ1) is 15.1. The van der Waals surface area contributed by atoms with E-state index in [1.807, 2.05) is 36.2 Å². The Hall–Kier alpha value is -2.19. The summed E-state index contributed by atoms with van der Waals surface area (Å²) in [7, 11) is 1.94. The van der Waals surface area contributed by atoms with E-state index < -0.39 is 6.10 Å². The number of amides is 1. The number of benzene rings is 1. The average Bonchev–Trinajstić information content (AvgIpc) is 3.41. The number of piperidine rings is 1. The molecule has 1 aromatic carbocycles. The van der Waals surface area contributed by atoms with Crippen molar-refractivity contribution in [2.24, 2.45) is 0 Å². The molecule has 4 heterocycles. The van der Waals surface area contributed by atoms with E-state index in [-0.39, 0.29) is 12.5 Å². The Balaban J connectivity index is 1.49. The molecule has 162 valence electrons. The Labute approximate surface area is 189 Å². The van der Waals surface area contributed by atoms with Crippen LogP contribution in [0.4, 0.5) is 0 Å². The van der Waals surface area contributed by atoms with Crippen LogP contribution in [0, 0.1) is 0 Å². The van der Waals surface area contributed by atoms with Crippen molar-refractivity contribution < 1.29 is 14.6 Å². The van der Waals surface area contributed by atoms with E-state index in [4.69, 9.17) is 16.3 Å². The van der Waals surface area contributed by atoms with Crippen molar-refractivity contribution >= 4 is 39.1 Å². The van der Waals surface area contributed by atoms with Gasteiger partial charge in [-0.3, -0.25) is 9.78 Å². The van der Waals surface area contributed by atoms with Gasteiger partial charge < -0.3 is 20.1 Å². The molecule has 0 spiro atoms. The largest absolute Gasteiger partial charge is 0.479 e. The molecule has 2 unspecified atom stereocenters. The number of carbonyl (C=O) groups is 1. The summed E-state index contributed by atoms with van der Waals surface area (Å²) in [5, 5.41) is 13.4. The maximum atomic E-state index is 13.2. The van der Waals surface area contributed by atoms with E-state index in [9.17, 15) is 9.90 Å². The number of thiophene rings is 1. The summed E-state index contributed by atoms with van der Waals surface area (Å²) in [6.07, 6.45) is 3.82. The highest BCUT2D eigenvalue weighted by molar-refractivity contribution is 7.19. The summed E-state index contributed by atoms with van der Waals surface area (Å²) in [6, 6.07) is 7.95. The third-order valence-electron chi connectivity index (χ3n) is 6.12. The number of pyridine rings is 1. The predicted molar refractivity (Wildman–Crippen MR) is 123 cm³/mol. The van der Waals surface area contributed by atoms with Crippen molar-refractivity contribution in [3.63, 3.8) is 0 Å². The zero-order valence-corrected chi connectivity index (χ0v) is 18.8. The second-order valence-corrected chi connectivity index (χ2v) is 9.68. The number of halogens is 1. The van der Waals surface area contributed by atoms with Crippen LogP contribution in [0.1, 0.15) is 23.3 Å². The normalized spacial score (nSPS) is 20.7. The monoisotopic (exact) mass is 457 g/mol. The molecule has 0 radical (unpaired) electrons. The second-order valence-electron chi connectivity index (χ2n) is 8.11. The van der Waals surface area contributed by atoms with Gasteiger partial charge in [0.05, 0.1) is 16.8 Å². The number of likely N-dealkylation sites (tertiary alicyclic amines) is 1. The Morgan fingerprint density at radius 2 is 2.26 bits per heavy atom. The van der Waals surface area contributed by atoms with Crippen molar-refractivity contribution in [2.75, 3.05) is 20.1 Å². The lowest BCUT2D eigenvalue weighted by Crippen LogP contribution is -2.50. The van der Waals surface area contributed by atoms with Crippen molar-refractivity contribution in [3.8, 4) is 16.9 Å². The van der Waals surface area contributed by atoms with Crippen LogP contribution in [-0.4, -0.2) is 53.2 Å². The highest BCUT2D eigenvalue weighted by atomic mass is 35.5. The van der Waals surface area contributed by atoms with Crippen molar-refractivity contribution in [3.05, 3.63) is 45.9 Å². The fourth-order valence-electron chi connectivity index (χ4n) is 4.56. The third kappa shape index (κ3) is 3.80. The van der Waals surface area contributed by atoms with Gasteiger partial charge in [-0.1, -0.05) is 11.6 Å². The molecule has 5 rings (SSSR count). The second kappa shape index (κ2) is 8.39. The van der Waals surface area contributed by atoms with E-state index in [1.165, 1.54) is 11.3 Å². The summed E-state index contributed by atoms with van der Waals surface area (Å²) in [4.78, 5) is 20.4. The minimum absolute atomic E-state index is 0.0232. The molecule has 2 aliphatic heterocycles. The minimum Gasteiger partial charge on any atom is -0.479 e. The van der Waals surface area contributed by atoms with Crippen LogP contribution in [0.15, 0.2) is 30.5 Å². The first-order valence-electron chi connectivity index (χ1n) is 10.5. The number of aliphatic hydroxyl groups excluding tert-OH is 1. The molecule has 1 fully saturated rings. The standard InChI is InChI=1S/C23H24ClN3O3S/c1-25-15-3-2-6-27(11-15)23(29)20-8-13-7-14(24)9-18(21(13)30-20)17-4-5-26-19-10-16(12-28)31-22(17)19/h4-5,7,9-10,15,20,25,28H,2-3,6,8,11-12H2,1H3. The van der Waals surface area contributed by atoms with Crippen LogP contribution in [0.5, 0.6) is 5.75 Å². The first kappa shape index (κ1) is 20.7.